The minimum Gasteiger partial charge on any atom is -0.383 e. The average Bonchev–Trinajstić information content (AvgIpc) is 2.42. The van der Waals surface area contributed by atoms with Crippen LogP contribution in [0.2, 0.25) is 0 Å². The molecular formula is C17H30N4. The van der Waals surface area contributed by atoms with Crippen LogP contribution in [0.15, 0.2) is 0 Å². The quantitative estimate of drug-likeness (QED) is 0.922. The molecule has 2 N–H and O–H groups in total. The topological polar surface area (TPSA) is 55.0 Å². The Kier molecular flexibility index (Phi) is 4.74. The van der Waals surface area contributed by atoms with Gasteiger partial charge in [0.15, 0.2) is 0 Å². The van der Waals surface area contributed by atoms with E-state index in [1.54, 1.807) is 0 Å². The number of nitrogens with two attached hydrogens (primary N) is 1. The Morgan fingerprint density at radius 2 is 1.81 bits per heavy atom. The van der Waals surface area contributed by atoms with Gasteiger partial charge in [0.2, 0.25) is 0 Å². The minimum absolute atomic E-state index is 0.0723. The van der Waals surface area contributed by atoms with E-state index in [2.05, 4.69) is 37.6 Å². The Labute approximate surface area is 129 Å². The lowest BCUT2D eigenvalue weighted by Crippen LogP contribution is -2.35. The van der Waals surface area contributed by atoms with Crippen molar-refractivity contribution in [2.24, 2.45) is 5.92 Å². The Balaban J connectivity index is 2.22. The fraction of sp³-hybridized carbons (Fsp3) is 0.765. The van der Waals surface area contributed by atoms with Crippen molar-refractivity contribution in [1.82, 2.24) is 9.97 Å². The van der Waals surface area contributed by atoms with Crippen molar-refractivity contribution in [1.29, 1.82) is 0 Å². The van der Waals surface area contributed by atoms with Gasteiger partial charge in [-0.25, -0.2) is 9.97 Å². The first-order valence-electron chi connectivity index (χ1n) is 8.22. The third kappa shape index (κ3) is 3.66. The molecule has 0 spiro atoms. The molecule has 118 valence electrons. The number of nitrogen functional groups attached to an aromatic ring is 1. The fourth-order valence-corrected chi connectivity index (χ4v) is 3.01. The van der Waals surface area contributed by atoms with E-state index in [9.17, 15) is 0 Å². The maximum Gasteiger partial charge on any atom is 0.138 e. The van der Waals surface area contributed by atoms with Crippen LogP contribution < -0.4 is 10.6 Å². The molecule has 1 aliphatic rings. The molecule has 2 rings (SSSR count). The molecule has 4 heteroatoms. The molecule has 0 bridgehead atoms. The highest BCUT2D eigenvalue weighted by molar-refractivity contribution is 5.57. The van der Waals surface area contributed by atoms with Gasteiger partial charge in [0.25, 0.3) is 0 Å². The lowest BCUT2D eigenvalue weighted by atomic mass is 9.92. The number of nitrogens with zero attached hydrogens (tertiary/aromatic N) is 3. The summed E-state index contributed by atoms with van der Waals surface area (Å²) in [5.74, 6) is 3.40. The second kappa shape index (κ2) is 6.20. The summed E-state index contributed by atoms with van der Waals surface area (Å²) < 4.78 is 0. The second-order valence-electron chi connectivity index (χ2n) is 7.35. The Bertz CT molecular complexity index is 482. The van der Waals surface area contributed by atoms with Crippen molar-refractivity contribution in [3.63, 3.8) is 0 Å². The smallest absolute Gasteiger partial charge is 0.138 e. The summed E-state index contributed by atoms with van der Waals surface area (Å²) in [7, 11) is 0. The number of piperidine rings is 1. The monoisotopic (exact) mass is 290 g/mol. The van der Waals surface area contributed by atoms with Gasteiger partial charge >= 0.3 is 0 Å². The number of rotatable bonds is 3. The fourth-order valence-electron chi connectivity index (χ4n) is 3.01. The van der Waals surface area contributed by atoms with Crippen LogP contribution in [0, 0.1) is 12.8 Å². The van der Waals surface area contributed by atoms with E-state index in [4.69, 9.17) is 10.7 Å². The summed E-state index contributed by atoms with van der Waals surface area (Å²) >= 11 is 0. The third-order valence-electron chi connectivity index (χ3n) is 4.44. The zero-order valence-corrected chi connectivity index (χ0v) is 14.2. The first-order valence-corrected chi connectivity index (χ1v) is 8.22. The summed E-state index contributed by atoms with van der Waals surface area (Å²) in [6.45, 7) is 12.9. The summed E-state index contributed by atoms with van der Waals surface area (Å²) in [4.78, 5) is 11.7. The van der Waals surface area contributed by atoms with Gasteiger partial charge < -0.3 is 10.6 Å². The normalized spacial score (nSPS) is 17.3. The van der Waals surface area contributed by atoms with Gasteiger partial charge in [0.05, 0.1) is 0 Å². The SMILES string of the molecule is CCCC1CCN(c2nc(C(C)(C)C)nc(N)c2C)CC1. The van der Waals surface area contributed by atoms with Crippen molar-refractivity contribution >= 4 is 11.6 Å². The molecule has 21 heavy (non-hydrogen) atoms. The van der Waals surface area contributed by atoms with Gasteiger partial charge in [-0.05, 0) is 25.7 Å². The van der Waals surface area contributed by atoms with Gasteiger partial charge in [-0.1, -0.05) is 40.5 Å². The maximum absolute atomic E-state index is 6.12. The Hall–Kier alpha value is -1.32. The molecule has 0 unspecified atom stereocenters. The molecule has 1 fully saturated rings. The van der Waals surface area contributed by atoms with Gasteiger partial charge in [-0.2, -0.15) is 0 Å². The highest BCUT2D eigenvalue weighted by Gasteiger charge is 2.25. The molecule has 2 heterocycles. The number of hydrogen-bond donors (Lipinski definition) is 1. The molecule has 0 radical (unpaired) electrons. The van der Waals surface area contributed by atoms with Crippen molar-refractivity contribution in [3.8, 4) is 0 Å². The lowest BCUT2D eigenvalue weighted by Gasteiger charge is -2.34. The highest BCUT2D eigenvalue weighted by Crippen LogP contribution is 2.30. The van der Waals surface area contributed by atoms with E-state index < -0.39 is 0 Å². The summed E-state index contributed by atoms with van der Waals surface area (Å²) in [6.07, 6.45) is 5.17. The van der Waals surface area contributed by atoms with E-state index in [1.807, 2.05) is 6.92 Å². The van der Waals surface area contributed by atoms with Crippen molar-refractivity contribution in [2.45, 2.75) is 65.7 Å². The molecule has 0 atom stereocenters. The number of hydrogen-bond acceptors (Lipinski definition) is 4. The zero-order valence-electron chi connectivity index (χ0n) is 14.2. The van der Waals surface area contributed by atoms with Crippen LogP contribution in [0.3, 0.4) is 0 Å². The van der Waals surface area contributed by atoms with E-state index in [-0.39, 0.29) is 5.41 Å². The van der Waals surface area contributed by atoms with Gasteiger partial charge in [0.1, 0.15) is 17.5 Å². The zero-order chi connectivity index (χ0) is 15.6. The summed E-state index contributed by atoms with van der Waals surface area (Å²) in [5, 5.41) is 0. The third-order valence-corrected chi connectivity index (χ3v) is 4.44. The molecule has 1 aromatic rings. The van der Waals surface area contributed by atoms with Gasteiger partial charge in [0, 0.05) is 24.1 Å². The second-order valence-corrected chi connectivity index (χ2v) is 7.35. The van der Waals surface area contributed by atoms with Crippen molar-refractivity contribution in [3.05, 3.63) is 11.4 Å². The highest BCUT2D eigenvalue weighted by atomic mass is 15.2. The summed E-state index contributed by atoms with van der Waals surface area (Å²) in [5.41, 5.74) is 7.07. The van der Waals surface area contributed by atoms with Crippen LogP contribution in [0.25, 0.3) is 0 Å². The Morgan fingerprint density at radius 1 is 1.19 bits per heavy atom. The largest absolute Gasteiger partial charge is 0.383 e. The van der Waals surface area contributed by atoms with Crippen molar-refractivity contribution in [2.75, 3.05) is 23.7 Å². The number of anilines is 2. The average molecular weight is 290 g/mol. The molecule has 0 amide bonds. The van der Waals surface area contributed by atoms with E-state index in [1.165, 1.54) is 25.7 Å². The van der Waals surface area contributed by atoms with E-state index in [0.717, 1.165) is 36.2 Å². The molecule has 1 saturated heterocycles. The molecule has 1 aliphatic heterocycles. The Morgan fingerprint density at radius 3 is 2.33 bits per heavy atom. The lowest BCUT2D eigenvalue weighted by molar-refractivity contribution is 0.376. The van der Waals surface area contributed by atoms with Gasteiger partial charge in [-0.15, -0.1) is 0 Å². The number of aromatic nitrogens is 2. The van der Waals surface area contributed by atoms with E-state index in [0.29, 0.717) is 5.82 Å². The molecule has 1 aromatic heterocycles. The van der Waals surface area contributed by atoms with Crippen LogP contribution in [-0.2, 0) is 5.41 Å². The van der Waals surface area contributed by atoms with Crippen LogP contribution in [-0.4, -0.2) is 23.1 Å². The van der Waals surface area contributed by atoms with Gasteiger partial charge in [-0.3, -0.25) is 0 Å². The summed E-state index contributed by atoms with van der Waals surface area (Å²) in [6, 6.07) is 0. The van der Waals surface area contributed by atoms with Crippen LogP contribution in [0.1, 0.15) is 64.8 Å². The molecule has 0 saturated carbocycles. The molecular weight excluding hydrogens is 260 g/mol. The first-order chi connectivity index (χ1) is 9.82. The molecule has 4 nitrogen and oxygen atoms in total. The first kappa shape index (κ1) is 16.1. The van der Waals surface area contributed by atoms with Crippen LogP contribution in [0.5, 0.6) is 0 Å². The van der Waals surface area contributed by atoms with E-state index >= 15 is 0 Å². The van der Waals surface area contributed by atoms with Crippen LogP contribution in [0.4, 0.5) is 11.6 Å². The molecule has 0 aliphatic carbocycles. The minimum atomic E-state index is -0.0723. The maximum atomic E-state index is 6.12. The molecule has 0 aromatic carbocycles. The predicted octanol–water partition coefficient (Wildman–Crippen LogP) is 3.68. The van der Waals surface area contributed by atoms with Crippen molar-refractivity contribution < 1.29 is 0 Å². The van der Waals surface area contributed by atoms with Crippen LogP contribution >= 0.6 is 0 Å². The standard InChI is InChI=1S/C17H30N4/c1-6-7-13-8-10-21(11-9-13)15-12(2)14(18)19-16(20-15)17(3,4)5/h13H,6-11H2,1-5H3,(H2,18,19,20). The predicted molar refractivity (Wildman–Crippen MR) is 89.7 cm³/mol.